The third-order valence-corrected chi connectivity index (χ3v) is 2.90. The molecular weight excluding hydrogens is 240 g/mol. The van der Waals surface area contributed by atoms with Crippen LogP contribution in [0.25, 0.3) is 5.69 Å². The number of benzene rings is 1. The van der Waals surface area contributed by atoms with Gasteiger partial charge in [0.1, 0.15) is 6.07 Å². The van der Waals surface area contributed by atoms with Crippen molar-refractivity contribution in [2.45, 2.75) is 13.8 Å². The number of rotatable bonds is 2. The van der Waals surface area contributed by atoms with Crippen molar-refractivity contribution in [1.29, 1.82) is 5.26 Å². The van der Waals surface area contributed by atoms with Crippen molar-refractivity contribution in [2.75, 3.05) is 0 Å². The molecule has 2 aromatic rings. The van der Waals surface area contributed by atoms with E-state index in [1.54, 1.807) is 12.1 Å². The molecule has 1 heterocycles. The smallest absolute Gasteiger partial charge is 0.266 e. The van der Waals surface area contributed by atoms with Crippen molar-refractivity contribution in [1.82, 2.24) is 4.57 Å². The van der Waals surface area contributed by atoms with Crippen LogP contribution in [-0.2, 0) is 0 Å². The molecule has 0 aliphatic rings. The molecule has 0 fully saturated rings. The fourth-order valence-electron chi connectivity index (χ4n) is 1.91. The highest BCUT2D eigenvalue weighted by Crippen LogP contribution is 2.13. The first-order valence-corrected chi connectivity index (χ1v) is 5.78. The molecule has 1 aromatic heterocycles. The predicted octanol–water partition coefficient (Wildman–Crippen LogP) is 2.22. The van der Waals surface area contributed by atoms with Crippen LogP contribution in [0.5, 0.6) is 0 Å². The fraction of sp³-hybridized carbons (Fsp3) is 0.133. The van der Waals surface area contributed by atoms with Gasteiger partial charge in [-0.3, -0.25) is 14.2 Å². The summed E-state index contributed by atoms with van der Waals surface area (Å²) in [7, 11) is 0. The van der Waals surface area contributed by atoms with Crippen molar-refractivity contribution in [3.8, 4) is 11.8 Å². The SMILES string of the molecule is CC(=O)c1cc(C#N)cn(-c2ccccc2C)c1=O. The van der Waals surface area contributed by atoms with Gasteiger partial charge < -0.3 is 0 Å². The topological polar surface area (TPSA) is 62.9 Å². The minimum atomic E-state index is -0.402. The summed E-state index contributed by atoms with van der Waals surface area (Å²) >= 11 is 0. The number of carbonyl (C=O) groups excluding carboxylic acids is 1. The molecule has 2 rings (SSSR count). The number of nitrogens with zero attached hydrogens (tertiary/aromatic N) is 2. The Morgan fingerprint density at radius 2 is 2.00 bits per heavy atom. The maximum atomic E-state index is 12.3. The van der Waals surface area contributed by atoms with Crippen LogP contribution in [0.15, 0.2) is 41.3 Å². The second-order valence-electron chi connectivity index (χ2n) is 4.27. The Bertz CT molecular complexity index is 751. The summed E-state index contributed by atoms with van der Waals surface area (Å²) in [6, 6.07) is 10.6. The number of Topliss-reactive ketones (excluding diaryl/α,β-unsaturated/α-hetero) is 1. The van der Waals surface area contributed by atoms with E-state index in [2.05, 4.69) is 0 Å². The summed E-state index contributed by atoms with van der Waals surface area (Å²) < 4.78 is 1.35. The van der Waals surface area contributed by atoms with E-state index in [-0.39, 0.29) is 16.9 Å². The first kappa shape index (κ1) is 12.8. The first-order valence-electron chi connectivity index (χ1n) is 5.78. The van der Waals surface area contributed by atoms with Crippen LogP contribution in [0.1, 0.15) is 28.4 Å². The molecule has 0 radical (unpaired) electrons. The van der Waals surface area contributed by atoms with Gasteiger partial charge in [0.05, 0.1) is 16.8 Å². The quantitative estimate of drug-likeness (QED) is 0.770. The molecule has 0 aliphatic carbocycles. The zero-order valence-electron chi connectivity index (χ0n) is 10.7. The average molecular weight is 252 g/mol. The normalized spacial score (nSPS) is 9.95. The lowest BCUT2D eigenvalue weighted by Gasteiger charge is -2.10. The van der Waals surface area contributed by atoms with Gasteiger partial charge in [0.25, 0.3) is 5.56 Å². The third-order valence-electron chi connectivity index (χ3n) is 2.90. The second kappa shape index (κ2) is 4.91. The van der Waals surface area contributed by atoms with Crippen molar-refractivity contribution in [2.24, 2.45) is 0 Å². The maximum absolute atomic E-state index is 12.3. The number of nitriles is 1. The molecule has 0 N–H and O–H groups in total. The summed E-state index contributed by atoms with van der Waals surface area (Å²) in [4.78, 5) is 23.7. The number of hydrogen-bond acceptors (Lipinski definition) is 3. The highest BCUT2D eigenvalue weighted by Gasteiger charge is 2.12. The van der Waals surface area contributed by atoms with Crippen molar-refractivity contribution < 1.29 is 4.79 Å². The highest BCUT2D eigenvalue weighted by atomic mass is 16.1. The minimum Gasteiger partial charge on any atom is -0.294 e. The van der Waals surface area contributed by atoms with E-state index in [4.69, 9.17) is 5.26 Å². The van der Waals surface area contributed by atoms with Crippen LogP contribution in [0.4, 0.5) is 0 Å². The Morgan fingerprint density at radius 1 is 1.32 bits per heavy atom. The lowest BCUT2D eigenvalue weighted by atomic mass is 10.1. The molecule has 0 spiro atoms. The standard InChI is InChI=1S/C15H12N2O2/c1-10-5-3-4-6-14(10)17-9-12(8-16)7-13(11(2)18)15(17)19/h3-7,9H,1-2H3. The van der Waals surface area contributed by atoms with Crippen molar-refractivity contribution >= 4 is 5.78 Å². The summed E-state index contributed by atoms with van der Waals surface area (Å²) in [5.74, 6) is -0.343. The molecule has 0 atom stereocenters. The third kappa shape index (κ3) is 2.31. The van der Waals surface area contributed by atoms with Crippen LogP contribution in [-0.4, -0.2) is 10.4 Å². The predicted molar refractivity (Wildman–Crippen MR) is 71.5 cm³/mol. The van der Waals surface area contributed by atoms with E-state index in [9.17, 15) is 9.59 Å². The Labute approximate surface area is 110 Å². The Balaban J connectivity index is 2.82. The van der Waals surface area contributed by atoms with Crippen LogP contribution in [0, 0.1) is 18.3 Å². The van der Waals surface area contributed by atoms with Crippen LogP contribution in [0.3, 0.4) is 0 Å². The zero-order chi connectivity index (χ0) is 14.0. The summed E-state index contributed by atoms with van der Waals surface area (Å²) in [6.45, 7) is 3.19. The minimum absolute atomic E-state index is 0.0299. The van der Waals surface area contributed by atoms with E-state index >= 15 is 0 Å². The highest BCUT2D eigenvalue weighted by molar-refractivity contribution is 5.94. The van der Waals surface area contributed by atoms with Gasteiger partial charge in [-0.05, 0) is 31.5 Å². The van der Waals surface area contributed by atoms with E-state index in [0.29, 0.717) is 5.69 Å². The molecule has 1 aromatic carbocycles. The molecule has 94 valence electrons. The molecule has 0 amide bonds. The molecule has 0 saturated heterocycles. The van der Waals surface area contributed by atoms with Gasteiger partial charge in [-0.15, -0.1) is 0 Å². The van der Waals surface area contributed by atoms with Gasteiger partial charge in [0.15, 0.2) is 5.78 Å². The van der Waals surface area contributed by atoms with Crippen LogP contribution >= 0.6 is 0 Å². The number of aryl methyl sites for hydroxylation is 1. The molecular formula is C15H12N2O2. The van der Waals surface area contributed by atoms with Crippen molar-refractivity contribution in [3.63, 3.8) is 0 Å². The summed E-state index contributed by atoms with van der Waals surface area (Å²) in [6.07, 6.45) is 1.46. The number of hydrogen-bond donors (Lipinski definition) is 0. The number of para-hydroxylation sites is 1. The van der Waals surface area contributed by atoms with Crippen LogP contribution in [0.2, 0.25) is 0 Å². The molecule has 0 aliphatic heterocycles. The Hall–Kier alpha value is -2.67. The Kier molecular flexibility index (Phi) is 3.30. The summed E-state index contributed by atoms with van der Waals surface area (Å²) in [5, 5.41) is 9.00. The molecule has 4 nitrogen and oxygen atoms in total. The average Bonchev–Trinajstić information content (AvgIpc) is 2.39. The van der Waals surface area contributed by atoms with Gasteiger partial charge in [0.2, 0.25) is 0 Å². The fourth-order valence-corrected chi connectivity index (χ4v) is 1.91. The lowest BCUT2D eigenvalue weighted by Crippen LogP contribution is -2.25. The second-order valence-corrected chi connectivity index (χ2v) is 4.27. The van der Waals surface area contributed by atoms with Gasteiger partial charge in [-0.25, -0.2) is 0 Å². The number of pyridine rings is 1. The van der Waals surface area contributed by atoms with E-state index in [1.165, 1.54) is 23.8 Å². The van der Waals surface area contributed by atoms with Gasteiger partial charge >= 0.3 is 0 Å². The molecule has 0 saturated carbocycles. The van der Waals surface area contributed by atoms with E-state index < -0.39 is 5.56 Å². The number of aromatic nitrogens is 1. The first-order chi connectivity index (χ1) is 9.04. The maximum Gasteiger partial charge on any atom is 0.266 e. The van der Waals surface area contributed by atoms with Crippen LogP contribution < -0.4 is 5.56 Å². The number of ketones is 1. The van der Waals surface area contributed by atoms with Gasteiger partial charge in [-0.1, -0.05) is 18.2 Å². The van der Waals surface area contributed by atoms with E-state index in [1.807, 2.05) is 25.1 Å². The Morgan fingerprint density at radius 3 is 2.58 bits per heavy atom. The van der Waals surface area contributed by atoms with E-state index in [0.717, 1.165) is 5.56 Å². The molecule has 4 heteroatoms. The van der Waals surface area contributed by atoms with Crippen molar-refractivity contribution in [3.05, 3.63) is 63.6 Å². The zero-order valence-corrected chi connectivity index (χ0v) is 10.7. The molecule has 0 unspecified atom stereocenters. The largest absolute Gasteiger partial charge is 0.294 e. The van der Waals surface area contributed by atoms with Gasteiger partial charge in [0, 0.05) is 6.20 Å². The summed E-state index contributed by atoms with van der Waals surface area (Å²) in [5.41, 5.74) is 1.48. The lowest BCUT2D eigenvalue weighted by molar-refractivity contribution is 0.101. The van der Waals surface area contributed by atoms with Gasteiger partial charge in [-0.2, -0.15) is 5.26 Å². The molecule has 0 bridgehead atoms. The molecule has 19 heavy (non-hydrogen) atoms. The number of carbonyl (C=O) groups is 1. The monoisotopic (exact) mass is 252 g/mol.